The summed E-state index contributed by atoms with van der Waals surface area (Å²) in [6.45, 7) is 27.6. The van der Waals surface area contributed by atoms with Crippen molar-refractivity contribution < 1.29 is 5.11 Å². The Balaban J connectivity index is 0.00000382. The minimum absolute atomic E-state index is 0.214. The predicted octanol–water partition coefficient (Wildman–Crippen LogP) is 9.07. The van der Waals surface area contributed by atoms with Crippen molar-refractivity contribution in [3.05, 3.63) is 95.3 Å². The summed E-state index contributed by atoms with van der Waals surface area (Å²) in [6, 6.07) is 9.60. The summed E-state index contributed by atoms with van der Waals surface area (Å²) in [7, 11) is 0. The Morgan fingerprint density at radius 1 is 0.902 bits per heavy atom. The van der Waals surface area contributed by atoms with Crippen LogP contribution in [0.2, 0.25) is 0 Å². The summed E-state index contributed by atoms with van der Waals surface area (Å²) in [5.74, 6) is 0. The van der Waals surface area contributed by atoms with E-state index in [-0.39, 0.29) is 6.61 Å². The Kier molecular flexibility index (Phi) is 21.3. The van der Waals surface area contributed by atoms with E-state index < -0.39 is 0 Å². The van der Waals surface area contributed by atoms with Crippen LogP contribution in [0.5, 0.6) is 0 Å². The first-order valence-corrected chi connectivity index (χ1v) is 15.8. The third kappa shape index (κ3) is 13.6. The van der Waals surface area contributed by atoms with Crippen molar-refractivity contribution in [1.29, 1.82) is 0 Å². The second kappa shape index (κ2) is 22.8. The summed E-state index contributed by atoms with van der Waals surface area (Å²) in [4.78, 5) is 5.03. The molecule has 0 unspecified atom stereocenters. The van der Waals surface area contributed by atoms with Crippen LogP contribution in [0.1, 0.15) is 93.6 Å². The highest BCUT2D eigenvalue weighted by atomic mass is 16.2. The Morgan fingerprint density at radius 2 is 1.51 bits per heavy atom. The van der Waals surface area contributed by atoms with Gasteiger partial charge >= 0.3 is 0 Å². The summed E-state index contributed by atoms with van der Waals surface area (Å²) < 4.78 is 0. The predicted molar refractivity (Wildman–Crippen MR) is 185 cm³/mol. The molecule has 1 aromatic rings. The van der Waals surface area contributed by atoms with E-state index in [9.17, 15) is 5.11 Å². The van der Waals surface area contributed by atoms with E-state index in [0.29, 0.717) is 6.04 Å². The minimum Gasteiger partial charge on any atom is -0.399 e. The molecule has 0 spiro atoms. The van der Waals surface area contributed by atoms with Gasteiger partial charge in [0, 0.05) is 50.2 Å². The number of benzene rings is 1. The number of hydrogen-bond donors (Lipinski definition) is 2. The molecule has 41 heavy (non-hydrogen) atoms. The molecule has 1 fully saturated rings. The molecule has 4 nitrogen and oxygen atoms in total. The number of nitrogens with two attached hydrogens (primary N) is 1. The lowest BCUT2D eigenvalue weighted by atomic mass is 9.87. The fourth-order valence-electron chi connectivity index (χ4n) is 4.80. The largest absolute Gasteiger partial charge is 0.399 e. The van der Waals surface area contributed by atoms with Gasteiger partial charge in [-0.1, -0.05) is 82.4 Å². The number of unbranched alkanes of at least 4 members (excludes halogenated alkanes) is 1. The van der Waals surface area contributed by atoms with Crippen molar-refractivity contribution in [1.82, 2.24) is 4.90 Å². The maximum atomic E-state index is 9.43. The molecule has 0 aliphatic carbocycles. The molecule has 0 aromatic heterocycles. The third-order valence-corrected chi connectivity index (χ3v) is 7.11. The van der Waals surface area contributed by atoms with E-state index in [1.54, 1.807) is 0 Å². The number of rotatable bonds is 13. The summed E-state index contributed by atoms with van der Waals surface area (Å²) >= 11 is 0. The maximum absolute atomic E-state index is 9.43. The number of anilines is 1. The van der Waals surface area contributed by atoms with Crippen molar-refractivity contribution in [3.63, 3.8) is 0 Å². The van der Waals surface area contributed by atoms with Gasteiger partial charge in [0.15, 0.2) is 0 Å². The first-order valence-electron chi connectivity index (χ1n) is 15.8. The standard InChI is InChI=1S/C33H49N3O.2C2H6/c1-7-12-28(8-2)25-30(13-10-11-24-37)33(27(6)14-17-31(34)9-3)29-15-18-32(19-16-29)36-22-20-35(21-23-36)26(4)5;2*1-2/h7-9,12,14-19,26,37H,6,10-11,13,20-25,34H2,1-5H3;2*1-2H3/b12-7-,17-14-,28-8+,31-9+,33-30-;;. The molecule has 1 aromatic carbocycles. The van der Waals surface area contributed by atoms with Crippen molar-refractivity contribution >= 4 is 11.3 Å². The number of piperazine rings is 1. The molecule has 2 rings (SSSR count). The van der Waals surface area contributed by atoms with Gasteiger partial charge in [0.1, 0.15) is 0 Å². The van der Waals surface area contributed by atoms with E-state index in [0.717, 1.165) is 63.1 Å². The van der Waals surface area contributed by atoms with E-state index in [4.69, 9.17) is 5.73 Å². The van der Waals surface area contributed by atoms with Crippen LogP contribution in [0.3, 0.4) is 0 Å². The molecule has 1 aliphatic rings. The fraction of sp³-hybridized carbons (Fsp3) is 0.514. The number of aliphatic hydroxyl groups is 1. The monoisotopic (exact) mass is 563 g/mol. The van der Waals surface area contributed by atoms with Gasteiger partial charge in [-0.25, -0.2) is 0 Å². The zero-order valence-corrected chi connectivity index (χ0v) is 27.8. The number of aliphatic hydroxyl groups excluding tert-OH is 1. The summed E-state index contributed by atoms with van der Waals surface area (Å²) in [5.41, 5.74) is 14.0. The molecule has 1 heterocycles. The van der Waals surface area contributed by atoms with Gasteiger partial charge in [-0.3, -0.25) is 4.90 Å². The highest BCUT2D eigenvalue weighted by molar-refractivity contribution is 5.84. The van der Waals surface area contributed by atoms with Gasteiger partial charge in [0.25, 0.3) is 0 Å². The second-order valence-corrected chi connectivity index (χ2v) is 10.0. The lowest BCUT2D eigenvalue weighted by Crippen LogP contribution is -2.48. The SMILES string of the molecule is C=C(/C=C\C(N)=C/C)/C(=C(\CCCCO)CC(/C=C\C)=C/C)c1ccc(N2CCN(C(C)C)CC2)cc1.CC.CC. The number of nitrogens with zero attached hydrogens (tertiary/aromatic N) is 2. The smallest absolute Gasteiger partial charge is 0.0431 e. The van der Waals surface area contributed by atoms with Gasteiger partial charge in [-0.05, 0) is 101 Å². The van der Waals surface area contributed by atoms with Gasteiger partial charge < -0.3 is 15.7 Å². The minimum atomic E-state index is 0.214. The molecule has 0 saturated carbocycles. The molecular formula is C37H61N3O. The molecule has 0 bridgehead atoms. The first kappa shape index (κ1) is 38.2. The van der Waals surface area contributed by atoms with Crippen LogP contribution >= 0.6 is 0 Å². The van der Waals surface area contributed by atoms with Gasteiger partial charge in [0.05, 0.1) is 0 Å². The van der Waals surface area contributed by atoms with Crippen molar-refractivity contribution in [2.75, 3.05) is 37.7 Å². The molecule has 1 saturated heterocycles. The van der Waals surface area contributed by atoms with Crippen LogP contribution in [0.15, 0.2) is 89.7 Å². The Morgan fingerprint density at radius 3 is 2.00 bits per heavy atom. The Labute approximate surface area is 253 Å². The van der Waals surface area contributed by atoms with Gasteiger partial charge in [-0.2, -0.15) is 0 Å². The Bertz CT molecular complexity index is 1000. The average Bonchev–Trinajstić information content (AvgIpc) is 3.02. The maximum Gasteiger partial charge on any atom is 0.0431 e. The Hall–Kier alpha value is -2.82. The van der Waals surface area contributed by atoms with Crippen LogP contribution in [0.4, 0.5) is 5.69 Å². The highest BCUT2D eigenvalue weighted by Gasteiger charge is 2.19. The summed E-state index contributed by atoms with van der Waals surface area (Å²) in [5, 5.41) is 9.43. The molecule has 0 amide bonds. The van der Waals surface area contributed by atoms with E-state index >= 15 is 0 Å². The second-order valence-electron chi connectivity index (χ2n) is 10.0. The third-order valence-electron chi connectivity index (χ3n) is 7.11. The summed E-state index contributed by atoms with van der Waals surface area (Å²) in [6.07, 6.45) is 15.8. The van der Waals surface area contributed by atoms with Gasteiger partial charge in [-0.15, -0.1) is 0 Å². The van der Waals surface area contributed by atoms with Crippen LogP contribution in [0, 0.1) is 0 Å². The van der Waals surface area contributed by atoms with E-state index in [1.165, 1.54) is 28.0 Å². The first-order chi connectivity index (χ1) is 19.8. The van der Waals surface area contributed by atoms with Crippen LogP contribution in [-0.4, -0.2) is 48.8 Å². The zero-order valence-electron chi connectivity index (χ0n) is 27.8. The van der Waals surface area contributed by atoms with Crippen molar-refractivity contribution in [3.8, 4) is 0 Å². The lowest BCUT2D eigenvalue weighted by molar-refractivity contribution is 0.209. The lowest BCUT2D eigenvalue weighted by Gasteiger charge is -2.38. The normalized spacial score (nSPS) is 15.4. The molecule has 4 heteroatoms. The average molecular weight is 564 g/mol. The zero-order chi connectivity index (χ0) is 31.2. The molecule has 230 valence electrons. The van der Waals surface area contributed by atoms with Crippen LogP contribution in [-0.2, 0) is 0 Å². The molecule has 0 atom stereocenters. The number of allylic oxidation sites excluding steroid dienone is 10. The van der Waals surface area contributed by atoms with Crippen molar-refractivity contribution in [2.45, 2.75) is 94.0 Å². The highest BCUT2D eigenvalue weighted by Crippen LogP contribution is 2.34. The van der Waals surface area contributed by atoms with Crippen LogP contribution < -0.4 is 10.6 Å². The van der Waals surface area contributed by atoms with Gasteiger partial charge in [0.2, 0.25) is 0 Å². The molecule has 0 radical (unpaired) electrons. The number of hydrogen-bond acceptors (Lipinski definition) is 4. The topological polar surface area (TPSA) is 52.7 Å². The van der Waals surface area contributed by atoms with Crippen LogP contribution in [0.25, 0.3) is 5.57 Å². The van der Waals surface area contributed by atoms with Crippen molar-refractivity contribution in [2.24, 2.45) is 5.73 Å². The quantitative estimate of drug-likeness (QED) is 0.186. The van der Waals surface area contributed by atoms with E-state index in [2.05, 4.69) is 86.6 Å². The van der Waals surface area contributed by atoms with E-state index in [1.807, 2.05) is 52.8 Å². The fourth-order valence-corrected chi connectivity index (χ4v) is 4.80. The molecule has 1 aliphatic heterocycles. The molecule has 3 N–H and O–H groups in total. The molecular weight excluding hydrogens is 502 g/mol.